The highest BCUT2D eigenvalue weighted by Crippen LogP contribution is 2.15. The van der Waals surface area contributed by atoms with E-state index in [9.17, 15) is 14.4 Å². The van der Waals surface area contributed by atoms with Crippen LogP contribution in [0.4, 0.5) is 4.79 Å². The molecule has 0 fully saturated rings. The van der Waals surface area contributed by atoms with Crippen molar-refractivity contribution in [2.24, 2.45) is 5.73 Å². The Labute approximate surface area is 223 Å². The molecule has 0 saturated heterocycles. The van der Waals surface area contributed by atoms with Crippen molar-refractivity contribution >= 4 is 17.9 Å². The Bertz CT molecular complexity index is 1140. The van der Waals surface area contributed by atoms with Crippen LogP contribution in [-0.4, -0.2) is 30.5 Å². The lowest BCUT2D eigenvalue weighted by Gasteiger charge is -2.16. The van der Waals surface area contributed by atoms with Gasteiger partial charge in [-0.1, -0.05) is 79.2 Å². The third-order valence-corrected chi connectivity index (χ3v) is 5.85. The maximum atomic E-state index is 12.4. The van der Waals surface area contributed by atoms with E-state index in [4.69, 9.17) is 15.2 Å². The zero-order chi connectivity index (χ0) is 27.0. The van der Waals surface area contributed by atoms with Gasteiger partial charge in [0.25, 0.3) is 0 Å². The molecule has 0 aliphatic heterocycles. The Morgan fingerprint density at radius 2 is 1.37 bits per heavy atom. The third kappa shape index (κ3) is 10.7. The zero-order valence-corrected chi connectivity index (χ0v) is 21.4. The van der Waals surface area contributed by atoms with Gasteiger partial charge < -0.3 is 25.8 Å². The molecule has 0 unspecified atom stereocenters. The number of unbranched alkanes of at least 4 members (excludes halogenated alkanes) is 2. The first-order valence-electron chi connectivity index (χ1n) is 12.8. The normalized spacial score (nSPS) is 11.3. The molecule has 0 aromatic heterocycles. The van der Waals surface area contributed by atoms with Crippen LogP contribution in [0.15, 0.2) is 84.9 Å². The molecule has 4 N–H and O–H groups in total. The molecule has 0 spiro atoms. The summed E-state index contributed by atoms with van der Waals surface area (Å²) in [4.78, 5) is 36.0. The van der Waals surface area contributed by atoms with Gasteiger partial charge in [-0.3, -0.25) is 9.59 Å². The second-order valence-electron chi connectivity index (χ2n) is 8.94. The quantitative estimate of drug-likeness (QED) is 0.260. The van der Waals surface area contributed by atoms with Crippen molar-refractivity contribution in [1.29, 1.82) is 0 Å². The van der Waals surface area contributed by atoms with Gasteiger partial charge in [0.05, 0.1) is 0 Å². The van der Waals surface area contributed by atoms with Gasteiger partial charge in [0.2, 0.25) is 11.8 Å². The predicted molar refractivity (Wildman–Crippen MR) is 145 cm³/mol. The number of hydrogen-bond donors (Lipinski definition) is 3. The second-order valence-corrected chi connectivity index (χ2v) is 8.94. The number of nitrogens with two attached hydrogens (primary N) is 1. The first-order chi connectivity index (χ1) is 18.5. The summed E-state index contributed by atoms with van der Waals surface area (Å²) in [6, 6.07) is 25.9. The Morgan fingerprint density at radius 1 is 0.737 bits per heavy atom. The Kier molecular flexibility index (Phi) is 11.7. The molecule has 0 radical (unpaired) electrons. The largest absolute Gasteiger partial charge is 0.489 e. The number of carbonyl (C=O) groups excluding carboxylic acids is 3. The molecular formula is C30H35N3O5. The third-order valence-electron chi connectivity index (χ3n) is 5.85. The van der Waals surface area contributed by atoms with Crippen molar-refractivity contribution in [2.75, 3.05) is 6.54 Å². The van der Waals surface area contributed by atoms with Gasteiger partial charge in [0.1, 0.15) is 25.0 Å². The van der Waals surface area contributed by atoms with Gasteiger partial charge in [-0.05, 0) is 41.7 Å². The van der Waals surface area contributed by atoms with Crippen LogP contribution in [0, 0.1) is 0 Å². The van der Waals surface area contributed by atoms with Crippen molar-refractivity contribution in [3.05, 3.63) is 102 Å². The van der Waals surface area contributed by atoms with E-state index in [0.717, 1.165) is 28.9 Å². The number of primary amides is 1. The number of alkyl carbamates (subject to hydrolysis) is 1. The molecule has 0 saturated carbocycles. The molecule has 200 valence electrons. The number of benzene rings is 3. The first kappa shape index (κ1) is 28.2. The van der Waals surface area contributed by atoms with Crippen LogP contribution in [0.3, 0.4) is 0 Å². The van der Waals surface area contributed by atoms with E-state index in [1.54, 1.807) is 0 Å². The molecule has 3 amide bonds. The standard InChI is InChI=1S/C30H35N3O5/c31-29(35)27(20-23-15-17-26(18-16-23)37-21-24-10-4-1-5-11-24)33-28(34)14-8-3-9-19-32-30(36)38-22-25-12-6-2-7-13-25/h1-2,4-7,10-13,15-18,27H,3,8-9,14,19-22H2,(H2,31,35)(H,32,36)(H,33,34)/t27-/m0/s1. The Hall–Kier alpha value is -4.33. The van der Waals surface area contributed by atoms with E-state index >= 15 is 0 Å². The molecule has 38 heavy (non-hydrogen) atoms. The minimum absolute atomic E-state index is 0.222. The molecule has 3 aromatic carbocycles. The lowest BCUT2D eigenvalue weighted by molar-refractivity contribution is -0.127. The number of amides is 3. The van der Waals surface area contributed by atoms with Crippen LogP contribution in [0.5, 0.6) is 5.75 Å². The van der Waals surface area contributed by atoms with Gasteiger partial charge >= 0.3 is 6.09 Å². The minimum Gasteiger partial charge on any atom is -0.489 e. The molecule has 0 bridgehead atoms. The monoisotopic (exact) mass is 517 g/mol. The first-order valence-corrected chi connectivity index (χ1v) is 12.8. The van der Waals surface area contributed by atoms with E-state index in [0.29, 0.717) is 32.4 Å². The van der Waals surface area contributed by atoms with E-state index < -0.39 is 18.0 Å². The Balaban J connectivity index is 1.29. The maximum absolute atomic E-state index is 12.4. The van der Waals surface area contributed by atoms with Crippen molar-refractivity contribution < 1.29 is 23.9 Å². The summed E-state index contributed by atoms with van der Waals surface area (Å²) in [7, 11) is 0. The fourth-order valence-corrected chi connectivity index (χ4v) is 3.74. The second kappa shape index (κ2) is 15.7. The minimum atomic E-state index is -0.792. The van der Waals surface area contributed by atoms with Crippen LogP contribution < -0.4 is 21.1 Å². The van der Waals surface area contributed by atoms with Crippen LogP contribution in [0.2, 0.25) is 0 Å². The highest BCUT2D eigenvalue weighted by molar-refractivity contribution is 5.86. The van der Waals surface area contributed by atoms with Gasteiger partial charge in [-0.25, -0.2) is 4.79 Å². The molecule has 3 aromatic rings. The van der Waals surface area contributed by atoms with Crippen molar-refractivity contribution in [3.63, 3.8) is 0 Å². The van der Waals surface area contributed by atoms with Crippen LogP contribution in [0.1, 0.15) is 42.4 Å². The molecular weight excluding hydrogens is 482 g/mol. The predicted octanol–water partition coefficient (Wildman–Crippen LogP) is 4.27. The van der Waals surface area contributed by atoms with Crippen LogP contribution in [-0.2, 0) is 34.0 Å². The average Bonchev–Trinajstić information content (AvgIpc) is 2.94. The molecule has 1 atom stereocenters. The van der Waals surface area contributed by atoms with Gasteiger partial charge in [0, 0.05) is 19.4 Å². The van der Waals surface area contributed by atoms with Crippen LogP contribution >= 0.6 is 0 Å². The number of ether oxygens (including phenoxy) is 2. The summed E-state index contributed by atoms with van der Waals surface area (Å²) in [6.07, 6.45) is 2.20. The lowest BCUT2D eigenvalue weighted by Crippen LogP contribution is -2.45. The maximum Gasteiger partial charge on any atom is 0.407 e. The zero-order valence-electron chi connectivity index (χ0n) is 21.4. The molecule has 0 aliphatic carbocycles. The van der Waals surface area contributed by atoms with Gasteiger partial charge in [-0.2, -0.15) is 0 Å². The Morgan fingerprint density at radius 3 is 2.00 bits per heavy atom. The van der Waals surface area contributed by atoms with Gasteiger partial charge in [0.15, 0.2) is 0 Å². The molecule has 8 heteroatoms. The summed E-state index contributed by atoms with van der Waals surface area (Å²) in [5.41, 5.74) is 8.39. The molecule has 8 nitrogen and oxygen atoms in total. The summed E-state index contributed by atoms with van der Waals surface area (Å²) in [5, 5.41) is 5.44. The average molecular weight is 518 g/mol. The summed E-state index contributed by atoms with van der Waals surface area (Å²) in [5.74, 6) is -0.0935. The van der Waals surface area contributed by atoms with Crippen LogP contribution in [0.25, 0.3) is 0 Å². The smallest absolute Gasteiger partial charge is 0.407 e. The van der Waals surface area contributed by atoms with Crippen molar-refractivity contribution in [1.82, 2.24) is 10.6 Å². The highest BCUT2D eigenvalue weighted by Gasteiger charge is 2.18. The number of nitrogens with one attached hydrogen (secondary N) is 2. The fraction of sp³-hybridized carbons (Fsp3) is 0.300. The number of carbonyl (C=O) groups is 3. The van der Waals surface area contributed by atoms with E-state index in [-0.39, 0.29) is 18.9 Å². The molecule has 3 rings (SSSR count). The molecule has 0 heterocycles. The van der Waals surface area contributed by atoms with E-state index in [1.807, 2.05) is 84.9 Å². The summed E-state index contributed by atoms with van der Waals surface area (Å²) >= 11 is 0. The fourth-order valence-electron chi connectivity index (χ4n) is 3.74. The van der Waals surface area contributed by atoms with Gasteiger partial charge in [-0.15, -0.1) is 0 Å². The number of hydrogen-bond acceptors (Lipinski definition) is 5. The lowest BCUT2D eigenvalue weighted by atomic mass is 10.0. The number of rotatable bonds is 15. The SMILES string of the molecule is NC(=O)[C@H](Cc1ccc(OCc2ccccc2)cc1)NC(=O)CCCCCNC(=O)OCc1ccccc1. The topological polar surface area (TPSA) is 120 Å². The van der Waals surface area contributed by atoms with Crippen molar-refractivity contribution in [2.45, 2.75) is 51.4 Å². The van der Waals surface area contributed by atoms with E-state index in [1.165, 1.54) is 0 Å². The molecule has 0 aliphatic rings. The summed E-state index contributed by atoms with van der Waals surface area (Å²) < 4.78 is 10.9. The van der Waals surface area contributed by atoms with E-state index in [2.05, 4.69) is 10.6 Å². The highest BCUT2D eigenvalue weighted by atomic mass is 16.5. The summed E-state index contributed by atoms with van der Waals surface area (Å²) in [6.45, 7) is 1.15. The van der Waals surface area contributed by atoms with Crippen molar-refractivity contribution in [3.8, 4) is 5.75 Å².